The summed E-state index contributed by atoms with van der Waals surface area (Å²) in [6, 6.07) is 81.0. The van der Waals surface area contributed by atoms with Crippen molar-refractivity contribution < 1.29 is 4.74 Å². The molecule has 1 spiro atoms. The summed E-state index contributed by atoms with van der Waals surface area (Å²) in [6.45, 7) is 2.34. The van der Waals surface area contributed by atoms with Crippen molar-refractivity contribution in [3.63, 3.8) is 0 Å². The minimum Gasteiger partial charge on any atom is -0.457 e. The van der Waals surface area contributed by atoms with E-state index in [1.54, 1.807) is 0 Å². The van der Waals surface area contributed by atoms with Crippen LogP contribution in [0.25, 0.3) is 44.2 Å². The highest BCUT2D eigenvalue weighted by molar-refractivity contribution is 7.16. The summed E-state index contributed by atoms with van der Waals surface area (Å²) in [5.41, 5.74) is 20.1. The zero-order chi connectivity index (χ0) is 44.0. The second-order valence-corrected chi connectivity index (χ2v) is 22.8. The number of anilines is 6. The van der Waals surface area contributed by atoms with Crippen LogP contribution in [0, 0.1) is 0 Å². The first-order chi connectivity index (χ1) is 33.2. The van der Waals surface area contributed by atoms with Crippen LogP contribution in [0.4, 0.5) is 34.1 Å². The lowest BCUT2D eigenvalue weighted by Gasteiger charge is -2.53. The Bertz CT molecular complexity index is 3680. The van der Waals surface area contributed by atoms with E-state index in [1.807, 2.05) is 0 Å². The van der Waals surface area contributed by atoms with Crippen molar-refractivity contribution in [1.82, 2.24) is 0 Å². The van der Waals surface area contributed by atoms with E-state index in [4.69, 9.17) is 4.74 Å². The van der Waals surface area contributed by atoms with Crippen LogP contribution >= 0.6 is 0 Å². The van der Waals surface area contributed by atoms with Crippen LogP contribution < -0.4 is 30.1 Å². The molecule has 3 aliphatic heterocycles. The van der Waals surface area contributed by atoms with Crippen LogP contribution in [0.2, 0.25) is 6.04 Å². The van der Waals surface area contributed by atoms with Crippen LogP contribution in [0.5, 0.6) is 11.5 Å². The molecule has 0 amide bonds. The normalized spacial score (nSPS) is 16.6. The summed E-state index contributed by atoms with van der Waals surface area (Å²) in [5.74, 6) is 2.00. The van der Waals surface area contributed by atoms with Gasteiger partial charge in [0.1, 0.15) is 11.5 Å². The molecule has 0 bridgehead atoms. The zero-order valence-corrected chi connectivity index (χ0v) is 38.1. The predicted octanol–water partition coefficient (Wildman–Crippen LogP) is 14.8. The van der Waals surface area contributed by atoms with Gasteiger partial charge in [-0.15, -0.1) is 0 Å². The average molecular weight is 873 g/mol. The molecular weight excluding hydrogens is 829 g/mol. The molecule has 0 fully saturated rings. The number of unbranched alkanes of at least 4 members (excludes halogenated alkanes) is 1. The van der Waals surface area contributed by atoms with Gasteiger partial charge in [-0.2, -0.15) is 0 Å². The average Bonchev–Trinajstić information content (AvgIpc) is 3.86. The number of benzene rings is 10. The van der Waals surface area contributed by atoms with E-state index in [2.05, 4.69) is 229 Å². The molecule has 0 N–H and O–H groups in total. The monoisotopic (exact) mass is 872 g/mol. The molecule has 67 heavy (non-hydrogen) atoms. The van der Waals surface area contributed by atoms with E-state index >= 15 is 0 Å². The number of rotatable bonds is 6. The summed E-state index contributed by atoms with van der Waals surface area (Å²) in [4.78, 5) is 5.05. The zero-order valence-electron chi connectivity index (χ0n) is 37.1. The van der Waals surface area contributed by atoms with Crippen molar-refractivity contribution in [3.05, 3.63) is 235 Å². The lowest BCUT2D eigenvalue weighted by Crippen LogP contribution is -2.74. The highest BCUT2D eigenvalue weighted by Crippen LogP contribution is 2.64. The molecule has 10 aromatic rings. The molecule has 5 aliphatic rings. The quantitative estimate of drug-likeness (QED) is 0.155. The molecule has 3 nitrogen and oxygen atoms in total. The summed E-state index contributed by atoms with van der Waals surface area (Å²) in [5, 5.41) is 6.84. The first-order valence-electron chi connectivity index (χ1n) is 23.9. The Morgan fingerprint density at radius 2 is 0.985 bits per heavy atom. The second kappa shape index (κ2) is 13.6. The molecule has 1 unspecified atom stereocenters. The Hall–Kier alpha value is -7.92. The second-order valence-electron chi connectivity index (χ2n) is 19.0. The number of hydrogen-bond acceptors (Lipinski definition) is 3. The number of fused-ring (bicyclic) bond motifs is 12. The molecule has 4 heteroatoms. The van der Waals surface area contributed by atoms with Gasteiger partial charge in [-0.3, -0.25) is 0 Å². The molecule has 0 saturated carbocycles. The first-order valence-corrected chi connectivity index (χ1v) is 26.1. The van der Waals surface area contributed by atoms with Crippen LogP contribution in [0.1, 0.15) is 42.0 Å². The third kappa shape index (κ3) is 4.65. The summed E-state index contributed by atoms with van der Waals surface area (Å²) in [7, 11) is -2.72. The van der Waals surface area contributed by atoms with Gasteiger partial charge >= 0.3 is 0 Å². The molecule has 10 aromatic carbocycles. The van der Waals surface area contributed by atoms with Gasteiger partial charge in [0.25, 0.3) is 0 Å². The van der Waals surface area contributed by atoms with Gasteiger partial charge in [-0.25, -0.2) is 0 Å². The predicted molar refractivity (Wildman–Crippen MR) is 279 cm³/mol. The van der Waals surface area contributed by atoms with Crippen LogP contribution in [-0.2, 0) is 5.41 Å². The third-order valence-electron chi connectivity index (χ3n) is 15.8. The van der Waals surface area contributed by atoms with Crippen LogP contribution in [-0.4, -0.2) is 8.07 Å². The molecule has 15 rings (SSSR count). The summed E-state index contributed by atoms with van der Waals surface area (Å²) >= 11 is 0. The van der Waals surface area contributed by atoms with Crippen molar-refractivity contribution in [2.24, 2.45) is 0 Å². The summed E-state index contributed by atoms with van der Waals surface area (Å²) < 4.78 is 7.38. The van der Waals surface area contributed by atoms with Crippen molar-refractivity contribution in [2.75, 3.05) is 9.80 Å². The molecule has 316 valence electrons. The fourth-order valence-corrected chi connectivity index (χ4v) is 19.4. The van der Waals surface area contributed by atoms with Gasteiger partial charge in [0.05, 0.1) is 11.1 Å². The number of nitrogens with zero attached hydrogens (tertiary/aromatic N) is 2. The van der Waals surface area contributed by atoms with Crippen molar-refractivity contribution in [2.45, 2.75) is 31.2 Å². The fraction of sp³-hybridized carbons (Fsp3) is 0.0794. The van der Waals surface area contributed by atoms with Gasteiger partial charge in [0.2, 0.25) is 0 Å². The fourth-order valence-electron chi connectivity index (χ4n) is 13.4. The lowest BCUT2D eigenvalue weighted by atomic mass is 9.69. The van der Waals surface area contributed by atoms with E-state index in [0.29, 0.717) is 0 Å². The van der Waals surface area contributed by atoms with Crippen molar-refractivity contribution in [1.29, 1.82) is 0 Å². The van der Waals surface area contributed by atoms with Gasteiger partial charge < -0.3 is 14.5 Å². The number of ether oxygens (including phenoxy) is 1. The Morgan fingerprint density at radius 1 is 0.433 bits per heavy atom. The van der Waals surface area contributed by atoms with Crippen molar-refractivity contribution in [3.8, 4) is 44.9 Å². The van der Waals surface area contributed by atoms with Gasteiger partial charge in [0.15, 0.2) is 8.07 Å². The van der Waals surface area contributed by atoms with Gasteiger partial charge in [-0.05, 0) is 144 Å². The maximum Gasteiger partial charge on any atom is 0.168 e. The number of para-hydroxylation sites is 2. The highest BCUT2D eigenvalue weighted by Gasteiger charge is 2.58. The highest BCUT2D eigenvalue weighted by atomic mass is 28.3. The van der Waals surface area contributed by atoms with Crippen LogP contribution in [0.15, 0.2) is 212 Å². The third-order valence-corrected chi connectivity index (χ3v) is 21.0. The van der Waals surface area contributed by atoms with E-state index in [1.165, 1.54) is 105 Å². The smallest absolute Gasteiger partial charge is 0.168 e. The van der Waals surface area contributed by atoms with Gasteiger partial charge in [-0.1, -0.05) is 165 Å². The molecule has 2 aliphatic carbocycles. The van der Waals surface area contributed by atoms with Crippen molar-refractivity contribution >= 4 is 68.5 Å². The standard InChI is InChI=1S/C63H44N2OSi/c1-2-3-36-67-60-53-28-16-29-54(60)65(44-20-8-5-9-21-44)56-38-42(39-58(62(56)67)66-57-31-17-30-55(61(57)67)64(53)43-18-6-4-7-19-43)40-32-34-45-41(37-40)33-35-49-48-24-12-15-27-52(48)63(59(45)49)50-25-13-10-22-46(50)47-23-11-14-26-51(47)63/h4-35,37-39H,2-3,36H2,1H3. The topological polar surface area (TPSA) is 15.7 Å². The Labute approximate surface area is 391 Å². The van der Waals surface area contributed by atoms with E-state index in [-0.39, 0.29) is 0 Å². The van der Waals surface area contributed by atoms with Crippen LogP contribution in [0.3, 0.4) is 0 Å². The lowest BCUT2D eigenvalue weighted by molar-refractivity contribution is 0.487. The minimum absolute atomic E-state index is 0.411. The SMILES string of the molecule is CCCC[Si]12c3c4cccc3N(c3ccccc3)c3cccc(c31)N(c1ccccc1)c1cc(-c3ccc5c6c(ccc5c3)-c3ccccc3C63c5ccccc5-c5ccccc53)cc(c12)O4. The van der Waals surface area contributed by atoms with E-state index < -0.39 is 13.5 Å². The Morgan fingerprint density at radius 3 is 1.63 bits per heavy atom. The molecular formula is C63H44N2OSi. The largest absolute Gasteiger partial charge is 0.457 e. The maximum absolute atomic E-state index is 7.38. The van der Waals surface area contributed by atoms with E-state index in [0.717, 1.165) is 41.6 Å². The number of hydrogen-bond donors (Lipinski definition) is 0. The first kappa shape index (κ1) is 37.3. The summed E-state index contributed by atoms with van der Waals surface area (Å²) in [6.07, 6.45) is 2.27. The molecule has 0 saturated heterocycles. The molecule has 1 atom stereocenters. The maximum atomic E-state index is 7.38. The van der Waals surface area contributed by atoms with E-state index in [9.17, 15) is 0 Å². The Kier molecular flexibility index (Phi) is 7.56. The Balaban J connectivity index is 0.985. The van der Waals surface area contributed by atoms with Gasteiger partial charge in [0, 0.05) is 38.8 Å². The molecule has 0 radical (unpaired) electrons. The minimum atomic E-state index is -2.72. The molecule has 3 heterocycles. The molecule has 0 aromatic heterocycles.